The summed E-state index contributed by atoms with van der Waals surface area (Å²) in [5.41, 5.74) is 3.53. The van der Waals surface area contributed by atoms with Gasteiger partial charge >= 0.3 is 0 Å². The Hall–Kier alpha value is -1.32. The van der Waals surface area contributed by atoms with Crippen molar-refractivity contribution in [3.8, 4) is 0 Å². The topological polar surface area (TPSA) is 29.9 Å². The van der Waals surface area contributed by atoms with Crippen LogP contribution in [-0.2, 0) is 13.5 Å². The third kappa shape index (κ3) is 3.37. The minimum atomic E-state index is 0.234. The molecule has 1 atom stereocenters. The van der Waals surface area contributed by atoms with Gasteiger partial charge in [0.1, 0.15) is 0 Å². The minimum absolute atomic E-state index is 0.234. The summed E-state index contributed by atoms with van der Waals surface area (Å²) in [4.78, 5) is 0. The summed E-state index contributed by atoms with van der Waals surface area (Å²) in [6.45, 7) is 5.08. The van der Waals surface area contributed by atoms with Gasteiger partial charge < -0.3 is 5.32 Å². The third-order valence-electron chi connectivity index (χ3n) is 3.30. The van der Waals surface area contributed by atoms with Gasteiger partial charge in [-0.25, -0.2) is 0 Å². The molecule has 102 valence electrons. The van der Waals surface area contributed by atoms with Crippen molar-refractivity contribution in [1.29, 1.82) is 0 Å². The fourth-order valence-electron chi connectivity index (χ4n) is 2.29. The maximum atomic E-state index is 6.32. The molecule has 0 amide bonds. The lowest BCUT2D eigenvalue weighted by atomic mass is 10.0. The van der Waals surface area contributed by atoms with E-state index in [0.717, 1.165) is 18.0 Å². The van der Waals surface area contributed by atoms with Gasteiger partial charge in [0.15, 0.2) is 0 Å². The van der Waals surface area contributed by atoms with Crippen LogP contribution < -0.4 is 5.32 Å². The van der Waals surface area contributed by atoms with E-state index in [-0.39, 0.29) is 6.04 Å². The summed E-state index contributed by atoms with van der Waals surface area (Å²) in [5.74, 6) is 0. The zero-order valence-corrected chi connectivity index (χ0v) is 12.4. The SMILES string of the molecule is CCNC(Cc1ccc(C)cc1Cl)c1ccnn1C. The second-order valence-corrected chi connectivity index (χ2v) is 5.20. The van der Waals surface area contributed by atoms with Crippen LogP contribution in [0.25, 0.3) is 0 Å². The number of nitrogens with one attached hydrogen (secondary N) is 1. The fourth-order valence-corrected chi connectivity index (χ4v) is 2.60. The predicted octanol–water partition coefficient (Wildman–Crippen LogP) is 3.28. The van der Waals surface area contributed by atoms with Gasteiger partial charge in [-0.15, -0.1) is 0 Å². The Morgan fingerprint density at radius 3 is 2.74 bits per heavy atom. The van der Waals surface area contributed by atoms with Gasteiger partial charge in [-0.05, 0) is 43.1 Å². The van der Waals surface area contributed by atoms with Crippen LogP contribution in [0.2, 0.25) is 5.02 Å². The molecule has 19 heavy (non-hydrogen) atoms. The van der Waals surface area contributed by atoms with Gasteiger partial charge in [0.25, 0.3) is 0 Å². The molecule has 0 aliphatic heterocycles. The summed E-state index contributed by atoms with van der Waals surface area (Å²) in [6, 6.07) is 8.52. The van der Waals surface area contributed by atoms with Crippen molar-refractivity contribution in [2.24, 2.45) is 7.05 Å². The monoisotopic (exact) mass is 277 g/mol. The van der Waals surface area contributed by atoms with Gasteiger partial charge in [0, 0.05) is 18.3 Å². The second-order valence-electron chi connectivity index (χ2n) is 4.79. The average Bonchev–Trinajstić information content (AvgIpc) is 2.78. The summed E-state index contributed by atoms with van der Waals surface area (Å²) in [7, 11) is 1.97. The Labute approximate surface area is 119 Å². The fraction of sp³-hybridized carbons (Fsp3) is 0.400. The zero-order chi connectivity index (χ0) is 13.8. The molecule has 3 nitrogen and oxygen atoms in total. The summed E-state index contributed by atoms with van der Waals surface area (Å²) in [5, 5.41) is 8.58. The van der Waals surface area contributed by atoms with Crippen LogP contribution in [0.15, 0.2) is 30.5 Å². The lowest BCUT2D eigenvalue weighted by Gasteiger charge is -2.19. The van der Waals surface area contributed by atoms with Crippen LogP contribution in [0.4, 0.5) is 0 Å². The van der Waals surface area contributed by atoms with Crippen LogP contribution in [0, 0.1) is 6.92 Å². The van der Waals surface area contributed by atoms with Crippen molar-refractivity contribution >= 4 is 11.6 Å². The van der Waals surface area contributed by atoms with E-state index >= 15 is 0 Å². The number of benzene rings is 1. The maximum Gasteiger partial charge on any atom is 0.0553 e. The van der Waals surface area contributed by atoms with Crippen molar-refractivity contribution in [1.82, 2.24) is 15.1 Å². The number of aryl methyl sites for hydroxylation is 2. The first-order valence-electron chi connectivity index (χ1n) is 6.58. The first kappa shape index (κ1) is 14.1. The molecule has 1 aromatic carbocycles. The normalized spacial score (nSPS) is 12.6. The maximum absolute atomic E-state index is 6.32. The van der Waals surface area contributed by atoms with E-state index in [0.29, 0.717) is 0 Å². The molecule has 4 heteroatoms. The van der Waals surface area contributed by atoms with Gasteiger partial charge in [-0.1, -0.05) is 30.7 Å². The molecule has 1 heterocycles. The van der Waals surface area contributed by atoms with E-state index in [1.807, 2.05) is 24.0 Å². The second kappa shape index (κ2) is 6.22. The highest BCUT2D eigenvalue weighted by molar-refractivity contribution is 6.31. The van der Waals surface area contributed by atoms with Gasteiger partial charge in [0.2, 0.25) is 0 Å². The molecule has 1 unspecified atom stereocenters. The van der Waals surface area contributed by atoms with Crippen molar-refractivity contribution in [3.63, 3.8) is 0 Å². The smallest absolute Gasteiger partial charge is 0.0553 e. The highest BCUT2D eigenvalue weighted by atomic mass is 35.5. The molecule has 0 bridgehead atoms. The van der Waals surface area contributed by atoms with Crippen LogP contribution in [0.5, 0.6) is 0 Å². The van der Waals surface area contributed by atoms with E-state index in [2.05, 4.69) is 42.5 Å². The number of hydrogen-bond donors (Lipinski definition) is 1. The number of aromatic nitrogens is 2. The molecule has 0 aliphatic carbocycles. The zero-order valence-electron chi connectivity index (χ0n) is 11.7. The molecule has 1 N–H and O–H groups in total. The third-order valence-corrected chi connectivity index (χ3v) is 3.65. The van der Waals surface area contributed by atoms with Crippen LogP contribution >= 0.6 is 11.6 Å². The van der Waals surface area contributed by atoms with Gasteiger partial charge in [0.05, 0.1) is 11.7 Å². The van der Waals surface area contributed by atoms with E-state index in [1.165, 1.54) is 16.8 Å². The van der Waals surface area contributed by atoms with E-state index in [1.54, 1.807) is 0 Å². The number of nitrogens with zero attached hydrogens (tertiary/aromatic N) is 2. The van der Waals surface area contributed by atoms with E-state index < -0.39 is 0 Å². The summed E-state index contributed by atoms with van der Waals surface area (Å²) < 4.78 is 1.91. The molecule has 0 aliphatic rings. The Bertz CT molecular complexity index is 548. The molecular formula is C15H20ClN3. The first-order chi connectivity index (χ1) is 9.11. The Balaban J connectivity index is 2.24. The van der Waals surface area contributed by atoms with E-state index in [9.17, 15) is 0 Å². The number of hydrogen-bond acceptors (Lipinski definition) is 2. The highest BCUT2D eigenvalue weighted by Crippen LogP contribution is 2.24. The molecule has 2 aromatic rings. The largest absolute Gasteiger partial charge is 0.309 e. The molecule has 0 saturated heterocycles. The summed E-state index contributed by atoms with van der Waals surface area (Å²) in [6.07, 6.45) is 2.70. The van der Waals surface area contributed by atoms with E-state index in [4.69, 9.17) is 11.6 Å². The van der Waals surface area contributed by atoms with Crippen molar-refractivity contribution in [2.75, 3.05) is 6.54 Å². The molecule has 0 radical (unpaired) electrons. The van der Waals surface area contributed by atoms with Gasteiger partial charge in [-0.2, -0.15) is 5.10 Å². The van der Waals surface area contributed by atoms with Crippen molar-refractivity contribution in [3.05, 3.63) is 52.3 Å². The first-order valence-corrected chi connectivity index (χ1v) is 6.96. The molecule has 1 aromatic heterocycles. The summed E-state index contributed by atoms with van der Waals surface area (Å²) >= 11 is 6.32. The number of likely N-dealkylation sites (N-methyl/N-ethyl adjacent to an activating group) is 1. The Morgan fingerprint density at radius 1 is 1.37 bits per heavy atom. The van der Waals surface area contributed by atoms with Crippen LogP contribution in [-0.4, -0.2) is 16.3 Å². The van der Waals surface area contributed by atoms with Crippen LogP contribution in [0.1, 0.15) is 29.8 Å². The molecule has 0 fully saturated rings. The standard InChI is InChI=1S/C15H20ClN3/c1-4-17-14(15-7-8-18-19(15)3)10-12-6-5-11(2)9-13(12)16/h5-9,14,17H,4,10H2,1-3H3. The minimum Gasteiger partial charge on any atom is -0.309 e. The van der Waals surface area contributed by atoms with Crippen LogP contribution in [0.3, 0.4) is 0 Å². The molecule has 0 spiro atoms. The molecule has 0 saturated carbocycles. The quantitative estimate of drug-likeness (QED) is 0.909. The lowest BCUT2D eigenvalue weighted by molar-refractivity contribution is 0.508. The number of halogens is 1. The highest BCUT2D eigenvalue weighted by Gasteiger charge is 2.16. The van der Waals surface area contributed by atoms with Gasteiger partial charge in [-0.3, -0.25) is 4.68 Å². The lowest BCUT2D eigenvalue weighted by Crippen LogP contribution is -2.25. The van der Waals surface area contributed by atoms with Crippen molar-refractivity contribution < 1.29 is 0 Å². The van der Waals surface area contributed by atoms with Crippen molar-refractivity contribution in [2.45, 2.75) is 26.3 Å². The number of rotatable bonds is 5. The Kier molecular flexibility index (Phi) is 4.61. The molecule has 2 rings (SSSR count). The average molecular weight is 278 g/mol. The molecular weight excluding hydrogens is 258 g/mol. The Morgan fingerprint density at radius 2 is 2.16 bits per heavy atom. The predicted molar refractivity (Wildman–Crippen MR) is 79.5 cm³/mol.